The molecule has 1 aromatic carbocycles. The predicted octanol–water partition coefficient (Wildman–Crippen LogP) is 2.56. The lowest BCUT2D eigenvalue weighted by Crippen LogP contribution is -2.39. The van der Waals surface area contributed by atoms with E-state index in [2.05, 4.69) is 33.1 Å². The zero-order valence-corrected chi connectivity index (χ0v) is 13.1. The van der Waals surface area contributed by atoms with Gasteiger partial charge in [-0.1, -0.05) is 28.1 Å². The summed E-state index contributed by atoms with van der Waals surface area (Å²) in [5, 5.41) is 13.6. The topological polar surface area (TPSA) is 35.5 Å². The molecule has 19 heavy (non-hydrogen) atoms. The zero-order valence-electron chi connectivity index (χ0n) is 11.5. The van der Waals surface area contributed by atoms with Crippen molar-refractivity contribution >= 4 is 15.9 Å². The highest BCUT2D eigenvalue weighted by Gasteiger charge is 2.15. The average molecular weight is 327 g/mol. The van der Waals surface area contributed by atoms with Crippen molar-refractivity contribution in [1.82, 2.24) is 10.2 Å². The molecule has 0 spiro atoms. The van der Waals surface area contributed by atoms with Crippen molar-refractivity contribution in [3.63, 3.8) is 0 Å². The lowest BCUT2D eigenvalue weighted by molar-refractivity contribution is 0.166. The van der Waals surface area contributed by atoms with Crippen molar-refractivity contribution < 1.29 is 5.11 Å². The van der Waals surface area contributed by atoms with Gasteiger partial charge >= 0.3 is 0 Å². The molecular weight excluding hydrogens is 304 g/mol. The van der Waals surface area contributed by atoms with Crippen molar-refractivity contribution in [3.05, 3.63) is 34.3 Å². The molecule has 1 heterocycles. The summed E-state index contributed by atoms with van der Waals surface area (Å²) in [7, 11) is 0. The van der Waals surface area contributed by atoms with Gasteiger partial charge in [0.1, 0.15) is 0 Å². The number of hydrogen-bond donors (Lipinski definition) is 2. The molecule has 2 atom stereocenters. The van der Waals surface area contributed by atoms with Crippen LogP contribution in [0.3, 0.4) is 0 Å². The van der Waals surface area contributed by atoms with Crippen LogP contribution in [0.1, 0.15) is 31.4 Å². The Balaban J connectivity index is 1.74. The minimum atomic E-state index is -0.446. The molecule has 1 fully saturated rings. The Bertz CT molecular complexity index is 393. The van der Waals surface area contributed by atoms with Crippen LogP contribution in [0.25, 0.3) is 0 Å². The van der Waals surface area contributed by atoms with Crippen molar-refractivity contribution in [1.29, 1.82) is 0 Å². The molecule has 0 saturated carbocycles. The minimum Gasteiger partial charge on any atom is -0.387 e. The summed E-state index contributed by atoms with van der Waals surface area (Å²) in [5.41, 5.74) is 0.954. The van der Waals surface area contributed by atoms with Crippen LogP contribution >= 0.6 is 15.9 Å². The van der Waals surface area contributed by atoms with Crippen LogP contribution in [-0.2, 0) is 0 Å². The third kappa shape index (κ3) is 4.88. The molecule has 0 aliphatic carbocycles. The third-order valence-corrected chi connectivity index (χ3v) is 4.12. The zero-order chi connectivity index (χ0) is 13.7. The number of aliphatic hydroxyl groups excluding tert-OH is 1. The highest BCUT2D eigenvalue weighted by atomic mass is 79.9. The monoisotopic (exact) mass is 326 g/mol. The summed E-state index contributed by atoms with van der Waals surface area (Å²) in [6, 6.07) is 8.27. The van der Waals surface area contributed by atoms with Crippen molar-refractivity contribution in [3.8, 4) is 0 Å². The standard InChI is InChI=1S/C15H23BrN2O/c1-12(11-18-7-2-3-8-18)17-10-15(19)13-5-4-6-14(16)9-13/h4-6,9,12,15,17,19H,2-3,7-8,10-11H2,1H3. The van der Waals surface area contributed by atoms with E-state index in [-0.39, 0.29) is 0 Å². The van der Waals surface area contributed by atoms with Crippen molar-refractivity contribution in [2.24, 2.45) is 0 Å². The maximum Gasteiger partial charge on any atom is 0.0914 e. The summed E-state index contributed by atoms with van der Waals surface area (Å²) >= 11 is 3.43. The van der Waals surface area contributed by atoms with Gasteiger partial charge in [-0.2, -0.15) is 0 Å². The van der Waals surface area contributed by atoms with Gasteiger partial charge in [0.15, 0.2) is 0 Å². The van der Waals surface area contributed by atoms with Gasteiger partial charge in [0.05, 0.1) is 6.10 Å². The Labute approximate surface area is 124 Å². The Morgan fingerprint density at radius 2 is 2.11 bits per heavy atom. The van der Waals surface area contributed by atoms with Gasteiger partial charge in [0, 0.05) is 23.6 Å². The summed E-state index contributed by atoms with van der Waals surface area (Å²) < 4.78 is 1.01. The average Bonchev–Trinajstić information content (AvgIpc) is 2.88. The number of nitrogens with zero attached hydrogens (tertiary/aromatic N) is 1. The van der Waals surface area contributed by atoms with Gasteiger partial charge in [-0.05, 0) is 50.6 Å². The summed E-state index contributed by atoms with van der Waals surface area (Å²) in [5.74, 6) is 0. The Kier molecular flexibility index (Phi) is 5.82. The predicted molar refractivity (Wildman–Crippen MR) is 82.2 cm³/mol. The van der Waals surface area contributed by atoms with E-state index in [9.17, 15) is 5.11 Å². The number of aliphatic hydroxyl groups is 1. The Morgan fingerprint density at radius 1 is 1.37 bits per heavy atom. The molecule has 0 amide bonds. The second-order valence-corrected chi connectivity index (χ2v) is 6.30. The summed E-state index contributed by atoms with van der Waals surface area (Å²) in [4.78, 5) is 2.49. The van der Waals surface area contributed by atoms with Crippen molar-refractivity contribution in [2.45, 2.75) is 31.9 Å². The van der Waals surface area contributed by atoms with Crippen molar-refractivity contribution in [2.75, 3.05) is 26.2 Å². The Hall–Kier alpha value is -0.420. The molecule has 0 radical (unpaired) electrons. The molecule has 0 bridgehead atoms. The molecule has 4 heteroatoms. The minimum absolute atomic E-state index is 0.417. The summed E-state index contributed by atoms with van der Waals surface area (Å²) in [6.07, 6.45) is 2.21. The maximum atomic E-state index is 10.2. The highest BCUT2D eigenvalue weighted by Crippen LogP contribution is 2.17. The van der Waals surface area contributed by atoms with Crippen LogP contribution in [-0.4, -0.2) is 42.2 Å². The first-order valence-corrected chi connectivity index (χ1v) is 7.83. The quantitative estimate of drug-likeness (QED) is 0.843. The van der Waals surface area contributed by atoms with Gasteiger partial charge in [-0.15, -0.1) is 0 Å². The fraction of sp³-hybridized carbons (Fsp3) is 0.600. The fourth-order valence-corrected chi connectivity index (χ4v) is 2.98. The number of halogens is 1. The van der Waals surface area contributed by atoms with Crippen LogP contribution in [0, 0.1) is 0 Å². The second kappa shape index (κ2) is 7.39. The second-order valence-electron chi connectivity index (χ2n) is 5.39. The molecule has 106 valence electrons. The smallest absolute Gasteiger partial charge is 0.0914 e. The van der Waals surface area contributed by atoms with E-state index in [1.54, 1.807) is 0 Å². The van der Waals surface area contributed by atoms with Gasteiger partial charge < -0.3 is 15.3 Å². The number of hydrogen-bond acceptors (Lipinski definition) is 3. The lowest BCUT2D eigenvalue weighted by atomic mass is 10.1. The van der Waals surface area contributed by atoms with Crippen LogP contribution in [0.2, 0.25) is 0 Å². The molecule has 2 rings (SSSR count). The van der Waals surface area contributed by atoms with Crippen LogP contribution < -0.4 is 5.32 Å². The van der Waals surface area contributed by atoms with E-state index < -0.39 is 6.10 Å². The van der Waals surface area contributed by atoms with E-state index in [0.29, 0.717) is 12.6 Å². The van der Waals surface area contributed by atoms with Gasteiger partial charge in [-0.3, -0.25) is 0 Å². The molecule has 1 aliphatic heterocycles. The van der Waals surface area contributed by atoms with E-state index in [0.717, 1.165) is 16.6 Å². The molecule has 2 N–H and O–H groups in total. The van der Waals surface area contributed by atoms with Crippen LogP contribution in [0.5, 0.6) is 0 Å². The number of benzene rings is 1. The fourth-order valence-electron chi connectivity index (χ4n) is 2.56. The largest absolute Gasteiger partial charge is 0.387 e. The van der Waals surface area contributed by atoms with Crippen LogP contribution in [0.15, 0.2) is 28.7 Å². The molecule has 1 saturated heterocycles. The normalized spacial score (nSPS) is 19.5. The molecule has 2 unspecified atom stereocenters. The third-order valence-electron chi connectivity index (χ3n) is 3.62. The van der Waals surface area contributed by atoms with Gasteiger partial charge in [0.25, 0.3) is 0 Å². The van der Waals surface area contributed by atoms with E-state index in [4.69, 9.17) is 0 Å². The van der Waals surface area contributed by atoms with E-state index in [1.807, 2.05) is 24.3 Å². The molecular formula is C15H23BrN2O. The van der Waals surface area contributed by atoms with E-state index in [1.165, 1.54) is 25.9 Å². The molecule has 0 aromatic heterocycles. The number of nitrogens with one attached hydrogen (secondary N) is 1. The van der Waals surface area contributed by atoms with Gasteiger partial charge in [-0.25, -0.2) is 0 Å². The maximum absolute atomic E-state index is 10.2. The summed E-state index contributed by atoms with van der Waals surface area (Å²) in [6.45, 7) is 6.31. The first-order valence-electron chi connectivity index (χ1n) is 7.04. The molecule has 1 aromatic rings. The highest BCUT2D eigenvalue weighted by molar-refractivity contribution is 9.10. The first-order chi connectivity index (χ1) is 9.15. The van der Waals surface area contributed by atoms with Gasteiger partial charge in [0.2, 0.25) is 0 Å². The molecule has 3 nitrogen and oxygen atoms in total. The first kappa shape index (κ1) is 15.0. The number of rotatable bonds is 6. The van der Waals surface area contributed by atoms with Crippen LogP contribution in [0.4, 0.5) is 0 Å². The Morgan fingerprint density at radius 3 is 2.79 bits per heavy atom. The van der Waals surface area contributed by atoms with E-state index >= 15 is 0 Å². The molecule has 1 aliphatic rings. The SMILES string of the molecule is CC(CN1CCCC1)NCC(O)c1cccc(Br)c1. The lowest BCUT2D eigenvalue weighted by Gasteiger charge is -2.22. The number of likely N-dealkylation sites (tertiary alicyclic amines) is 1.